The molecule has 0 aliphatic carbocycles. The summed E-state index contributed by atoms with van der Waals surface area (Å²) < 4.78 is 19.1. The van der Waals surface area contributed by atoms with Gasteiger partial charge in [0, 0.05) is 39.0 Å². The van der Waals surface area contributed by atoms with E-state index in [1.54, 1.807) is 24.9 Å². The average molecular weight is 482 g/mol. The summed E-state index contributed by atoms with van der Waals surface area (Å²) >= 11 is 1.69. The van der Waals surface area contributed by atoms with Crippen LogP contribution in [0.4, 0.5) is 4.39 Å². The van der Waals surface area contributed by atoms with Crippen LogP contribution in [0.15, 0.2) is 23.2 Å². The van der Waals surface area contributed by atoms with Gasteiger partial charge in [0.1, 0.15) is 5.82 Å². The molecule has 1 fully saturated rings. The van der Waals surface area contributed by atoms with Crippen molar-refractivity contribution < 1.29 is 9.13 Å². The molecule has 1 saturated heterocycles. The van der Waals surface area contributed by atoms with Gasteiger partial charge in [0.2, 0.25) is 0 Å². The first-order valence-corrected chi connectivity index (χ1v) is 9.52. The maximum atomic E-state index is 13.4. The van der Waals surface area contributed by atoms with Gasteiger partial charge in [-0.2, -0.15) is 11.8 Å². The van der Waals surface area contributed by atoms with E-state index >= 15 is 0 Å². The molecule has 0 bridgehead atoms. The molecule has 8 heteroatoms. The second-order valence-electron chi connectivity index (χ2n) is 5.91. The molecule has 1 aliphatic rings. The van der Waals surface area contributed by atoms with Crippen molar-refractivity contribution in [3.63, 3.8) is 0 Å². The molecule has 142 valence electrons. The lowest BCUT2D eigenvalue weighted by molar-refractivity contribution is -0.0161. The molecule has 1 aromatic rings. The molecule has 1 aliphatic heterocycles. The molecule has 0 saturated carbocycles. The van der Waals surface area contributed by atoms with Gasteiger partial charge in [-0.05, 0) is 36.6 Å². The average Bonchev–Trinajstić information content (AvgIpc) is 2.57. The van der Waals surface area contributed by atoms with Gasteiger partial charge in [-0.25, -0.2) is 4.39 Å². The molecule has 2 rings (SSSR count). The highest BCUT2D eigenvalue weighted by Gasteiger charge is 2.17. The Kier molecular flexibility index (Phi) is 10.7. The predicted octanol–water partition coefficient (Wildman–Crippen LogP) is 2.30. The van der Waals surface area contributed by atoms with Crippen LogP contribution in [0.3, 0.4) is 0 Å². The molecule has 1 atom stereocenters. The minimum Gasteiger partial charge on any atom is -0.374 e. The van der Waals surface area contributed by atoms with E-state index in [9.17, 15) is 4.39 Å². The number of likely N-dealkylation sites (N-methyl/N-ethyl adjacent to an activating group) is 1. The van der Waals surface area contributed by atoms with Crippen LogP contribution >= 0.6 is 35.7 Å². The van der Waals surface area contributed by atoms with E-state index in [0.29, 0.717) is 13.1 Å². The fourth-order valence-electron chi connectivity index (χ4n) is 2.66. The molecule has 1 heterocycles. The quantitative estimate of drug-likeness (QED) is 0.371. The maximum Gasteiger partial charge on any atom is 0.191 e. The number of aliphatic imine (C=N–C) groups is 1. The summed E-state index contributed by atoms with van der Waals surface area (Å²) in [5, 5.41) is 6.59. The molecular weight excluding hydrogens is 454 g/mol. The minimum atomic E-state index is -0.191. The number of hydrogen-bond donors (Lipinski definition) is 2. The summed E-state index contributed by atoms with van der Waals surface area (Å²) in [6.45, 7) is 3.99. The second kappa shape index (κ2) is 11.9. The number of ether oxygens (including phenoxy) is 1. The van der Waals surface area contributed by atoms with Crippen LogP contribution in [0.5, 0.6) is 0 Å². The first-order chi connectivity index (χ1) is 11.6. The van der Waals surface area contributed by atoms with E-state index in [4.69, 9.17) is 4.74 Å². The summed E-state index contributed by atoms with van der Waals surface area (Å²) in [4.78, 5) is 6.51. The fraction of sp³-hybridized carbons (Fsp3) is 0.588. The van der Waals surface area contributed by atoms with Crippen molar-refractivity contribution in [2.45, 2.75) is 18.4 Å². The summed E-state index contributed by atoms with van der Waals surface area (Å²) in [5.74, 6) is 1.33. The van der Waals surface area contributed by atoms with Crippen LogP contribution in [0.2, 0.25) is 0 Å². The molecule has 0 amide bonds. The van der Waals surface area contributed by atoms with Crippen molar-refractivity contribution in [2.75, 3.05) is 46.6 Å². The van der Waals surface area contributed by atoms with Gasteiger partial charge in [0.25, 0.3) is 0 Å². The zero-order valence-electron chi connectivity index (χ0n) is 15.0. The monoisotopic (exact) mass is 482 g/mol. The Balaban J connectivity index is 0.00000312. The summed E-state index contributed by atoms with van der Waals surface area (Å²) in [6, 6.07) is 4.94. The van der Waals surface area contributed by atoms with Gasteiger partial charge in [-0.3, -0.25) is 4.99 Å². The van der Waals surface area contributed by atoms with E-state index in [1.807, 2.05) is 12.3 Å². The van der Waals surface area contributed by atoms with Crippen molar-refractivity contribution in [1.82, 2.24) is 15.5 Å². The standard InChI is InChI=1S/C17H27FN4OS.HI/c1-19-17(21-10-16-11-22(2)6-7-23-16)20-9-13-4-5-15(18)8-14(13)12-24-3;/h4-5,8,16H,6-7,9-12H2,1-3H3,(H2,19,20,21);1H. The topological polar surface area (TPSA) is 48.9 Å². The fourth-order valence-corrected chi connectivity index (χ4v) is 3.24. The lowest BCUT2D eigenvalue weighted by Gasteiger charge is -2.30. The van der Waals surface area contributed by atoms with E-state index in [0.717, 1.165) is 42.5 Å². The van der Waals surface area contributed by atoms with Crippen LogP contribution in [-0.4, -0.2) is 63.6 Å². The van der Waals surface area contributed by atoms with Gasteiger partial charge in [0.15, 0.2) is 5.96 Å². The number of halogens is 2. The van der Waals surface area contributed by atoms with Crippen molar-refractivity contribution in [1.29, 1.82) is 0 Å². The third-order valence-corrected chi connectivity index (χ3v) is 4.58. The number of rotatable bonds is 6. The zero-order chi connectivity index (χ0) is 17.4. The van der Waals surface area contributed by atoms with Gasteiger partial charge in [0.05, 0.1) is 12.7 Å². The largest absolute Gasteiger partial charge is 0.374 e. The third kappa shape index (κ3) is 7.67. The molecule has 1 aromatic carbocycles. The summed E-state index contributed by atoms with van der Waals surface area (Å²) in [6.07, 6.45) is 2.18. The van der Waals surface area contributed by atoms with Crippen LogP contribution < -0.4 is 10.6 Å². The number of morpholine rings is 1. The number of guanidine groups is 1. The smallest absolute Gasteiger partial charge is 0.191 e. The number of nitrogens with one attached hydrogen (secondary N) is 2. The highest BCUT2D eigenvalue weighted by molar-refractivity contribution is 14.0. The van der Waals surface area contributed by atoms with Gasteiger partial charge in [-0.1, -0.05) is 6.07 Å². The Morgan fingerprint density at radius 1 is 1.40 bits per heavy atom. The second-order valence-corrected chi connectivity index (χ2v) is 6.77. The summed E-state index contributed by atoms with van der Waals surface area (Å²) in [7, 11) is 3.85. The molecule has 0 spiro atoms. The molecular formula is C17H28FIN4OS. The van der Waals surface area contributed by atoms with Gasteiger partial charge in [-0.15, -0.1) is 24.0 Å². The van der Waals surface area contributed by atoms with Crippen LogP contribution in [0, 0.1) is 5.82 Å². The molecule has 2 N–H and O–H groups in total. The molecule has 0 radical (unpaired) electrons. The SMILES string of the molecule is CN=C(NCc1ccc(F)cc1CSC)NCC1CN(C)CCO1.I. The molecule has 1 unspecified atom stereocenters. The van der Waals surface area contributed by atoms with E-state index < -0.39 is 0 Å². The molecule has 25 heavy (non-hydrogen) atoms. The zero-order valence-corrected chi connectivity index (χ0v) is 18.2. The van der Waals surface area contributed by atoms with Crippen LogP contribution in [-0.2, 0) is 17.0 Å². The Morgan fingerprint density at radius 2 is 2.20 bits per heavy atom. The lowest BCUT2D eigenvalue weighted by Crippen LogP contribution is -2.48. The minimum absolute atomic E-state index is 0. The highest BCUT2D eigenvalue weighted by Crippen LogP contribution is 2.16. The van der Waals surface area contributed by atoms with Gasteiger partial charge >= 0.3 is 0 Å². The highest BCUT2D eigenvalue weighted by atomic mass is 127. The Morgan fingerprint density at radius 3 is 2.88 bits per heavy atom. The first-order valence-electron chi connectivity index (χ1n) is 8.13. The van der Waals surface area contributed by atoms with Gasteiger partial charge < -0.3 is 20.3 Å². The number of thioether (sulfide) groups is 1. The van der Waals surface area contributed by atoms with Crippen molar-refractivity contribution in [2.24, 2.45) is 4.99 Å². The Labute approximate surface area is 171 Å². The van der Waals surface area contributed by atoms with E-state index in [-0.39, 0.29) is 35.9 Å². The maximum absolute atomic E-state index is 13.4. The normalized spacial score (nSPS) is 18.6. The van der Waals surface area contributed by atoms with Crippen molar-refractivity contribution in [3.05, 3.63) is 35.1 Å². The van der Waals surface area contributed by atoms with E-state index in [2.05, 4.69) is 27.6 Å². The van der Waals surface area contributed by atoms with Crippen molar-refractivity contribution in [3.8, 4) is 0 Å². The molecule has 5 nitrogen and oxygen atoms in total. The first kappa shape index (κ1) is 22.5. The number of hydrogen-bond acceptors (Lipinski definition) is 4. The Hall–Kier alpha value is -0.580. The van der Waals surface area contributed by atoms with Crippen molar-refractivity contribution >= 4 is 41.7 Å². The third-order valence-electron chi connectivity index (χ3n) is 3.98. The van der Waals surface area contributed by atoms with E-state index in [1.165, 1.54) is 6.07 Å². The molecule has 0 aromatic heterocycles. The Bertz CT molecular complexity index is 561. The predicted molar refractivity (Wildman–Crippen MR) is 114 cm³/mol. The van der Waals surface area contributed by atoms with Crippen LogP contribution in [0.25, 0.3) is 0 Å². The van der Waals surface area contributed by atoms with Crippen LogP contribution in [0.1, 0.15) is 11.1 Å². The number of benzene rings is 1. The summed E-state index contributed by atoms with van der Waals surface area (Å²) in [5.41, 5.74) is 2.10. The lowest BCUT2D eigenvalue weighted by atomic mass is 10.1. The number of nitrogens with zero attached hydrogens (tertiary/aromatic N) is 2.